The lowest BCUT2D eigenvalue weighted by atomic mass is 11.2. The highest BCUT2D eigenvalue weighted by Gasteiger charge is 1.92. The van der Waals surface area contributed by atoms with Crippen LogP contribution in [0, 0.1) is 0 Å². The number of nitrogens with one attached hydrogen (secondary N) is 1. The van der Waals surface area contributed by atoms with E-state index in [9.17, 15) is 9.59 Å². The number of nitrogens with zero attached hydrogens (tertiary/aromatic N) is 1. The zero-order valence-electron chi connectivity index (χ0n) is 3.75. The second kappa shape index (κ2) is 1.25. The number of nitrogens with two attached hydrogens (primary N) is 1. The first-order valence-corrected chi connectivity index (χ1v) is 1.78. The van der Waals surface area contributed by atoms with Crippen LogP contribution in [-0.4, -0.2) is 9.83 Å². The molecule has 0 aliphatic carbocycles. The predicted molar refractivity (Wildman–Crippen MR) is 23.7 cm³/mol. The van der Waals surface area contributed by atoms with Gasteiger partial charge >= 0.3 is 11.4 Å². The van der Waals surface area contributed by atoms with Crippen molar-refractivity contribution in [2.24, 2.45) is 0 Å². The molecule has 0 bridgehead atoms. The van der Waals surface area contributed by atoms with Crippen LogP contribution in [0.25, 0.3) is 0 Å². The Morgan fingerprint density at radius 3 is 2.38 bits per heavy atom. The van der Waals surface area contributed by atoms with Crippen LogP contribution in [0.15, 0.2) is 14.1 Å². The highest BCUT2D eigenvalue weighted by molar-refractivity contribution is 4.52. The van der Waals surface area contributed by atoms with E-state index in [4.69, 9.17) is 5.84 Å². The standard InChI is InChI=1S/C2H3N3O3/c3-5-1(6)4-2(7)8-5/h3H2,(H,4,6,7). The molecular weight excluding hydrogens is 114 g/mol. The molecule has 0 aromatic carbocycles. The van der Waals surface area contributed by atoms with Crippen LogP contribution in [-0.2, 0) is 0 Å². The average molecular weight is 117 g/mol. The van der Waals surface area contributed by atoms with Crippen LogP contribution in [0.3, 0.4) is 0 Å². The van der Waals surface area contributed by atoms with E-state index in [1.54, 1.807) is 4.98 Å². The highest BCUT2D eigenvalue weighted by atomic mass is 16.6. The Balaban J connectivity index is 3.59. The van der Waals surface area contributed by atoms with E-state index in [-0.39, 0.29) is 0 Å². The normalized spacial score (nSPS) is 9.50. The summed E-state index contributed by atoms with van der Waals surface area (Å²) in [6, 6.07) is 0. The molecule has 3 N–H and O–H groups in total. The zero-order valence-corrected chi connectivity index (χ0v) is 3.75. The van der Waals surface area contributed by atoms with Crippen molar-refractivity contribution >= 4 is 0 Å². The van der Waals surface area contributed by atoms with Gasteiger partial charge < -0.3 is 5.84 Å². The maximum absolute atomic E-state index is 10.1. The quantitative estimate of drug-likeness (QED) is 0.378. The van der Waals surface area contributed by atoms with E-state index in [0.717, 1.165) is 0 Å². The van der Waals surface area contributed by atoms with E-state index in [2.05, 4.69) is 4.52 Å². The van der Waals surface area contributed by atoms with E-state index in [0.29, 0.717) is 4.85 Å². The second-order valence-electron chi connectivity index (χ2n) is 1.13. The molecular formula is C2H3N3O3. The summed E-state index contributed by atoms with van der Waals surface area (Å²) < 4.78 is 3.98. The fraction of sp³-hybridized carbons (Fsp3) is 0. The maximum atomic E-state index is 10.1. The van der Waals surface area contributed by atoms with Crippen molar-refractivity contribution in [3.8, 4) is 0 Å². The van der Waals surface area contributed by atoms with Crippen molar-refractivity contribution in [1.29, 1.82) is 0 Å². The molecule has 0 radical (unpaired) electrons. The van der Waals surface area contributed by atoms with Crippen molar-refractivity contribution in [3.63, 3.8) is 0 Å². The number of nitrogen functional groups attached to an aromatic ring is 1. The van der Waals surface area contributed by atoms with Crippen molar-refractivity contribution < 1.29 is 4.52 Å². The number of hydrogen-bond donors (Lipinski definition) is 2. The molecule has 0 saturated heterocycles. The molecule has 0 saturated carbocycles. The second-order valence-corrected chi connectivity index (χ2v) is 1.13. The molecule has 0 spiro atoms. The van der Waals surface area contributed by atoms with E-state index in [1.807, 2.05) is 0 Å². The molecule has 8 heavy (non-hydrogen) atoms. The van der Waals surface area contributed by atoms with Gasteiger partial charge in [0.2, 0.25) is 0 Å². The first-order chi connectivity index (χ1) is 3.70. The minimum absolute atomic E-state index is 0.322. The summed E-state index contributed by atoms with van der Waals surface area (Å²) >= 11 is 0. The molecule has 0 aliphatic rings. The number of aromatic amines is 1. The van der Waals surface area contributed by atoms with Gasteiger partial charge in [0.1, 0.15) is 0 Å². The molecule has 0 amide bonds. The minimum atomic E-state index is -0.850. The molecule has 0 unspecified atom stereocenters. The van der Waals surface area contributed by atoms with Crippen molar-refractivity contribution in [3.05, 3.63) is 21.0 Å². The number of aromatic nitrogens is 2. The van der Waals surface area contributed by atoms with Gasteiger partial charge in [-0.3, -0.25) is 4.52 Å². The zero-order chi connectivity index (χ0) is 6.15. The van der Waals surface area contributed by atoms with Gasteiger partial charge in [-0.05, 0) is 0 Å². The molecule has 1 aromatic rings. The van der Waals surface area contributed by atoms with E-state index in [1.165, 1.54) is 0 Å². The summed E-state index contributed by atoms with van der Waals surface area (Å²) in [6.45, 7) is 0. The van der Waals surface area contributed by atoms with Crippen LogP contribution in [0.4, 0.5) is 0 Å². The Morgan fingerprint density at radius 1 is 1.62 bits per heavy atom. The Morgan fingerprint density at radius 2 is 2.25 bits per heavy atom. The summed E-state index contributed by atoms with van der Waals surface area (Å²) in [5.74, 6) is 3.90. The molecule has 0 atom stereocenters. The first-order valence-electron chi connectivity index (χ1n) is 1.78. The Hall–Kier alpha value is -1.46. The summed E-state index contributed by atoms with van der Waals surface area (Å²) in [4.78, 5) is 22.2. The van der Waals surface area contributed by atoms with E-state index >= 15 is 0 Å². The maximum Gasteiger partial charge on any atom is 0.441 e. The summed E-state index contributed by atoms with van der Waals surface area (Å²) in [6.07, 6.45) is 0. The highest BCUT2D eigenvalue weighted by Crippen LogP contribution is 1.49. The number of H-pyrrole nitrogens is 1. The third-order valence-corrected chi connectivity index (χ3v) is 0.590. The van der Waals surface area contributed by atoms with Crippen LogP contribution in [0.2, 0.25) is 0 Å². The Bertz CT molecular complexity index is 277. The third kappa shape index (κ3) is 0.512. The predicted octanol–water partition coefficient (Wildman–Crippen LogP) is -2.16. The summed E-state index contributed by atoms with van der Waals surface area (Å²) in [5, 5.41) is 0. The fourth-order valence-electron chi connectivity index (χ4n) is 0.296. The average Bonchev–Trinajstić information content (AvgIpc) is 1.85. The van der Waals surface area contributed by atoms with Gasteiger partial charge in [0.15, 0.2) is 0 Å². The molecule has 1 rings (SSSR count). The SMILES string of the molecule is Nn1oc(=O)[nH]c1=O. The minimum Gasteiger partial charge on any atom is -0.305 e. The molecule has 0 aliphatic heterocycles. The van der Waals surface area contributed by atoms with Crippen molar-refractivity contribution in [2.45, 2.75) is 0 Å². The fourth-order valence-corrected chi connectivity index (χ4v) is 0.296. The monoisotopic (exact) mass is 117 g/mol. The Labute approximate surface area is 42.5 Å². The molecule has 0 fully saturated rings. The Kier molecular flexibility index (Phi) is 0.736. The number of hydrogen-bond acceptors (Lipinski definition) is 4. The van der Waals surface area contributed by atoms with Gasteiger partial charge in [-0.25, -0.2) is 14.6 Å². The largest absolute Gasteiger partial charge is 0.441 e. The lowest BCUT2D eigenvalue weighted by molar-refractivity contribution is 0.296. The number of rotatable bonds is 0. The van der Waals surface area contributed by atoms with E-state index < -0.39 is 11.4 Å². The van der Waals surface area contributed by atoms with Gasteiger partial charge in [-0.15, -0.1) is 0 Å². The molecule has 1 aromatic heterocycles. The van der Waals surface area contributed by atoms with Crippen molar-refractivity contribution in [1.82, 2.24) is 9.83 Å². The topological polar surface area (TPSA) is 94.0 Å². The third-order valence-electron chi connectivity index (χ3n) is 0.590. The summed E-state index contributed by atoms with van der Waals surface area (Å²) in [7, 11) is 0. The van der Waals surface area contributed by atoms with Gasteiger partial charge in [-0.1, -0.05) is 4.85 Å². The molecule has 6 nitrogen and oxygen atoms in total. The molecule has 6 heteroatoms. The lowest BCUT2D eigenvalue weighted by Crippen LogP contribution is -2.23. The van der Waals surface area contributed by atoms with Gasteiger partial charge in [0.05, 0.1) is 0 Å². The van der Waals surface area contributed by atoms with Gasteiger partial charge in [0.25, 0.3) is 0 Å². The lowest BCUT2D eigenvalue weighted by Gasteiger charge is -1.75. The van der Waals surface area contributed by atoms with Crippen LogP contribution >= 0.6 is 0 Å². The van der Waals surface area contributed by atoms with Crippen molar-refractivity contribution in [2.75, 3.05) is 5.84 Å². The van der Waals surface area contributed by atoms with Crippen LogP contribution in [0.1, 0.15) is 0 Å². The van der Waals surface area contributed by atoms with Gasteiger partial charge in [-0.2, -0.15) is 0 Å². The molecule has 1 heterocycles. The first kappa shape index (κ1) is 4.69. The smallest absolute Gasteiger partial charge is 0.305 e. The van der Waals surface area contributed by atoms with Gasteiger partial charge in [0, 0.05) is 0 Å². The molecule has 44 valence electrons. The summed E-state index contributed by atoms with van der Waals surface area (Å²) in [5.41, 5.74) is -0.755. The van der Waals surface area contributed by atoms with Crippen LogP contribution < -0.4 is 17.3 Å². The van der Waals surface area contributed by atoms with Crippen LogP contribution in [0.5, 0.6) is 0 Å².